The van der Waals surface area contributed by atoms with E-state index in [1.165, 1.54) is 7.11 Å². The fourth-order valence-electron chi connectivity index (χ4n) is 0.883. The van der Waals surface area contributed by atoms with Crippen LogP contribution in [0.2, 0.25) is 5.02 Å². The van der Waals surface area contributed by atoms with Crippen molar-refractivity contribution in [2.75, 3.05) is 7.11 Å². The number of methoxy groups -OCH3 is 1. The molecule has 0 unspecified atom stereocenters. The molecule has 0 atom stereocenters. The van der Waals surface area contributed by atoms with Gasteiger partial charge in [-0.2, -0.15) is 0 Å². The molecular formula is C8H6BrClO2. The zero-order valence-corrected chi connectivity index (χ0v) is 8.65. The fraction of sp³-hybridized carbons (Fsp3) is 0.125. The molecular weight excluding hydrogens is 243 g/mol. The van der Waals surface area contributed by atoms with Gasteiger partial charge >= 0.3 is 0 Å². The Bertz CT molecular complexity index is 312. The Morgan fingerprint density at radius 3 is 2.75 bits per heavy atom. The highest BCUT2D eigenvalue weighted by Crippen LogP contribution is 2.31. The molecule has 1 rings (SSSR count). The van der Waals surface area contributed by atoms with Crippen LogP contribution < -0.4 is 4.74 Å². The maximum Gasteiger partial charge on any atom is 0.153 e. The molecule has 64 valence electrons. The summed E-state index contributed by atoms with van der Waals surface area (Å²) in [5.41, 5.74) is 0.442. The second kappa shape index (κ2) is 3.92. The molecule has 0 saturated carbocycles. The molecule has 0 saturated heterocycles. The lowest BCUT2D eigenvalue weighted by atomic mass is 10.2. The van der Waals surface area contributed by atoms with E-state index in [0.29, 0.717) is 27.1 Å². The molecule has 0 radical (unpaired) electrons. The van der Waals surface area contributed by atoms with E-state index in [1.54, 1.807) is 12.1 Å². The molecule has 0 heterocycles. The molecule has 4 heteroatoms. The summed E-state index contributed by atoms with van der Waals surface area (Å²) in [5.74, 6) is 0.509. The summed E-state index contributed by atoms with van der Waals surface area (Å²) < 4.78 is 5.67. The lowest BCUT2D eigenvalue weighted by Crippen LogP contribution is -1.91. The van der Waals surface area contributed by atoms with Gasteiger partial charge in [0.25, 0.3) is 0 Å². The molecule has 0 N–H and O–H groups in total. The van der Waals surface area contributed by atoms with Crippen molar-refractivity contribution >= 4 is 33.8 Å². The van der Waals surface area contributed by atoms with E-state index in [9.17, 15) is 4.79 Å². The van der Waals surface area contributed by atoms with Crippen LogP contribution in [0.5, 0.6) is 5.75 Å². The van der Waals surface area contributed by atoms with Crippen LogP contribution >= 0.6 is 27.5 Å². The summed E-state index contributed by atoms with van der Waals surface area (Å²) in [7, 11) is 1.50. The summed E-state index contributed by atoms with van der Waals surface area (Å²) in [5, 5.41) is 0.504. The van der Waals surface area contributed by atoms with Crippen LogP contribution in [0.1, 0.15) is 10.4 Å². The molecule has 0 aliphatic carbocycles. The molecule has 0 aliphatic heterocycles. The van der Waals surface area contributed by atoms with E-state index in [-0.39, 0.29) is 0 Å². The predicted molar refractivity (Wildman–Crippen MR) is 51.1 cm³/mol. The Morgan fingerprint density at radius 1 is 1.58 bits per heavy atom. The molecule has 0 aliphatic rings. The van der Waals surface area contributed by atoms with Gasteiger partial charge in [0.15, 0.2) is 6.29 Å². The standard InChI is InChI=1S/C8H6BrClO2/c1-12-8-5(4-11)2-6(10)3-7(8)9/h2-4H,1H3. The normalized spacial score (nSPS) is 9.58. The maximum atomic E-state index is 10.5. The first-order valence-corrected chi connectivity index (χ1v) is 4.34. The maximum absolute atomic E-state index is 10.5. The zero-order chi connectivity index (χ0) is 9.14. The predicted octanol–water partition coefficient (Wildman–Crippen LogP) is 2.92. The number of ether oxygens (including phenoxy) is 1. The lowest BCUT2D eigenvalue weighted by molar-refractivity contribution is 0.112. The molecule has 12 heavy (non-hydrogen) atoms. The van der Waals surface area contributed by atoms with E-state index in [1.807, 2.05) is 0 Å². The zero-order valence-electron chi connectivity index (χ0n) is 6.30. The second-order valence-corrected chi connectivity index (χ2v) is 3.42. The van der Waals surface area contributed by atoms with E-state index in [4.69, 9.17) is 16.3 Å². The average Bonchev–Trinajstić information content (AvgIpc) is 2.03. The first kappa shape index (κ1) is 9.55. The third kappa shape index (κ3) is 1.79. The first-order valence-electron chi connectivity index (χ1n) is 3.17. The molecule has 1 aromatic rings. The largest absolute Gasteiger partial charge is 0.495 e. The molecule has 0 fully saturated rings. The van der Waals surface area contributed by atoms with Gasteiger partial charge in [-0.1, -0.05) is 11.6 Å². The summed E-state index contributed by atoms with van der Waals surface area (Å²) >= 11 is 8.94. The van der Waals surface area contributed by atoms with Crippen molar-refractivity contribution in [3.63, 3.8) is 0 Å². The van der Waals surface area contributed by atoms with Crippen molar-refractivity contribution in [1.29, 1.82) is 0 Å². The van der Waals surface area contributed by atoms with Gasteiger partial charge < -0.3 is 4.74 Å². The summed E-state index contributed by atoms with van der Waals surface area (Å²) in [6, 6.07) is 3.23. The second-order valence-electron chi connectivity index (χ2n) is 2.13. The highest BCUT2D eigenvalue weighted by atomic mass is 79.9. The van der Waals surface area contributed by atoms with Gasteiger partial charge in [0.1, 0.15) is 5.75 Å². The number of carbonyl (C=O) groups is 1. The van der Waals surface area contributed by atoms with Crippen molar-refractivity contribution in [3.8, 4) is 5.75 Å². The Hall–Kier alpha value is -0.540. The number of rotatable bonds is 2. The quantitative estimate of drug-likeness (QED) is 0.753. The first-order chi connectivity index (χ1) is 5.69. The van der Waals surface area contributed by atoms with Crippen molar-refractivity contribution in [1.82, 2.24) is 0 Å². The minimum absolute atomic E-state index is 0.442. The Balaban J connectivity index is 3.33. The van der Waals surface area contributed by atoms with Gasteiger partial charge in [-0.15, -0.1) is 0 Å². The van der Waals surface area contributed by atoms with Crippen molar-refractivity contribution < 1.29 is 9.53 Å². The third-order valence-electron chi connectivity index (χ3n) is 1.37. The third-order valence-corrected chi connectivity index (χ3v) is 2.18. The van der Waals surface area contributed by atoms with Crippen LogP contribution in [0, 0.1) is 0 Å². The summed E-state index contributed by atoms with van der Waals surface area (Å²) in [6.45, 7) is 0. The molecule has 0 amide bonds. The van der Waals surface area contributed by atoms with Crippen molar-refractivity contribution in [2.45, 2.75) is 0 Å². The number of halogens is 2. The Morgan fingerprint density at radius 2 is 2.25 bits per heavy atom. The van der Waals surface area contributed by atoms with Gasteiger partial charge in [-0.25, -0.2) is 0 Å². The number of carbonyl (C=O) groups excluding carboxylic acids is 1. The Kier molecular flexibility index (Phi) is 3.12. The van der Waals surface area contributed by atoms with Crippen LogP contribution in [-0.2, 0) is 0 Å². The van der Waals surface area contributed by atoms with Crippen molar-refractivity contribution in [2.24, 2.45) is 0 Å². The van der Waals surface area contributed by atoms with Gasteiger partial charge in [0.05, 0.1) is 17.1 Å². The van der Waals surface area contributed by atoms with Gasteiger partial charge in [0.2, 0.25) is 0 Å². The smallest absolute Gasteiger partial charge is 0.153 e. The topological polar surface area (TPSA) is 26.3 Å². The van der Waals surface area contributed by atoms with Gasteiger partial charge in [-0.05, 0) is 28.1 Å². The lowest BCUT2D eigenvalue weighted by Gasteiger charge is -2.05. The van der Waals surface area contributed by atoms with E-state index >= 15 is 0 Å². The molecule has 0 spiro atoms. The highest BCUT2D eigenvalue weighted by molar-refractivity contribution is 9.10. The van der Waals surface area contributed by atoms with E-state index in [0.717, 1.165) is 0 Å². The van der Waals surface area contributed by atoms with Crippen LogP contribution in [-0.4, -0.2) is 13.4 Å². The summed E-state index contributed by atoms with van der Waals surface area (Å²) in [4.78, 5) is 10.5. The van der Waals surface area contributed by atoms with Crippen LogP contribution in [0.25, 0.3) is 0 Å². The number of aldehydes is 1. The molecule has 0 aromatic heterocycles. The van der Waals surface area contributed by atoms with Crippen LogP contribution in [0.15, 0.2) is 16.6 Å². The van der Waals surface area contributed by atoms with Crippen LogP contribution in [0.4, 0.5) is 0 Å². The fourth-order valence-corrected chi connectivity index (χ4v) is 1.88. The minimum atomic E-state index is 0.442. The number of benzene rings is 1. The van der Waals surface area contributed by atoms with Crippen LogP contribution in [0.3, 0.4) is 0 Å². The molecule has 2 nitrogen and oxygen atoms in total. The van der Waals surface area contributed by atoms with E-state index < -0.39 is 0 Å². The highest BCUT2D eigenvalue weighted by Gasteiger charge is 2.07. The number of hydrogen-bond donors (Lipinski definition) is 0. The SMILES string of the molecule is COc1c(Br)cc(Cl)cc1C=O. The van der Waals surface area contributed by atoms with E-state index in [2.05, 4.69) is 15.9 Å². The minimum Gasteiger partial charge on any atom is -0.495 e. The van der Waals surface area contributed by atoms with Gasteiger partial charge in [-0.3, -0.25) is 4.79 Å². The summed E-state index contributed by atoms with van der Waals surface area (Å²) in [6.07, 6.45) is 0.704. The molecule has 0 bridgehead atoms. The van der Waals surface area contributed by atoms with Gasteiger partial charge in [0, 0.05) is 5.02 Å². The Labute approximate surface area is 83.6 Å². The van der Waals surface area contributed by atoms with Crippen molar-refractivity contribution in [3.05, 3.63) is 27.2 Å². The molecule has 1 aromatic carbocycles. The number of hydrogen-bond acceptors (Lipinski definition) is 2. The average molecular weight is 249 g/mol. The monoisotopic (exact) mass is 248 g/mol.